The fourth-order valence-corrected chi connectivity index (χ4v) is 0.473. The maximum Gasteiger partial charge on any atom is 0.410 e. The molecule has 0 spiro atoms. The molecule has 0 aliphatic rings. The van der Waals surface area contributed by atoms with E-state index >= 15 is 0 Å². The molecule has 0 aliphatic carbocycles. The number of hydrogen-bond donors (Lipinski definition) is 2. The average Bonchev–Trinajstić information content (AvgIpc) is 1.88. The molecule has 0 radical (unpaired) electrons. The predicted octanol–water partition coefficient (Wildman–Crippen LogP) is 0.566. The third kappa shape index (κ3) is 1.70. The minimum absolute atomic E-state index is 0.231. The monoisotopic (exact) mass is 139 g/mol. The molecular formula is C5H5N3O2. The topological polar surface area (TPSA) is 75.1 Å². The van der Waals surface area contributed by atoms with E-state index in [9.17, 15) is 4.79 Å². The van der Waals surface area contributed by atoms with Crippen molar-refractivity contribution in [3.63, 3.8) is 0 Å². The molecule has 5 nitrogen and oxygen atoms in total. The number of carbonyl (C=O) groups is 1. The molecule has 0 fully saturated rings. The second-order valence-electron chi connectivity index (χ2n) is 1.52. The van der Waals surface area contributed by atoms with Crippen molar-refractivity contribution in [1.29, 1.82) is 0 Å². The lowest BCUT2D eigenvalue weighted by molar-refractivity contribution is 0.209. The highest BCUT2D eigenvalue weighted by molar-refractivity contribution is 5.80. The Kier molecular flexibility index (Phi) is 1.79. The van der Waals surface area contributed by atoms with E-state index in [1.54, 1.807) is 0 Å². The quantitative estimate of drug-likeness (QED) is 0.596. The van der Waals surface area contributed by atoms with E-state index in [1.807, 2.05) is 5.32 Å². The zero-order chi connectivity index (χ0) is 7.40. The van der Waals surface area contributed by atoms with Gasteiger partial charge in [-0.25, -0.2) is 9.78 Å². The lowest BCUT2D eigenvalue weighted by Gasteiger charge is -1.94. The Morgan fingerprint density at radius 1 is 1.60 bits per heavy atom. The Morgan fingerprint density at radius 2 is 2.40 bits per heavy atom. The maximum atomic E-state index is 9.99. The van der Waals surface area contributed by atoms with Crippen molar-refractivity contribution in [2.24, 2.45) is 0 Å². The first kappa shape index (κ1) is 6.47. The number of aromatic nitrogens is 2. The van der Waals surface area contributed by atoms with Crippen molar-refractivity contribution in [2.75, 3.05) is 5.32 Å². The summed E-state index contributed by atoms with van der Waals surface area (Å²) in [5.74, 6) is 0.231. The number of anilines is 1. The van der Waals surface area contributed by atoms with Crippen LogP contribution in [-0.2, 0) is 0 Å². The molecule has 1 heterocycles. The van der Waals surface area contributed by atoms with Gasteiger partial charge in [-0.15, -0.1) is 0 Å². The normalized spacial score (nSPS) is 8.80. The molecule has 0 saturated carbocycles. The molecule has 1 aromatic heterocycles. The first-order chi connectivity index (χ1) is 4.79. The van der Waals surface area contributed by atoms with Crippen LogP contribution in [0.4, 0.5) is 10.6 Å². The summed E-state index contributed by atoms with van der Waals surface area (Å²) in [5, 5.41) is 10.2. The van der Waals surface area contributed by atoms with Crippen LogP contribution in [0.1, 0.15) is 0 Å². The smallest absolute Gasteiger partial charge is 0.410 e. The van der Waals surface area contributed by atoms with Crippen LogP contribution in [0.2, 0.25) is 0 Å². The molecule has 2 N–H and O–H groups in total. The van der Waals surface area contributed by atoms with Crippen molar-refractivity contribution in [3.05, 3.63) is 18.6 Å². The number of nitrogens with one attached hydrogen (secondary N) is 1. The summed E-state index contributed by atoms with van der Waals surface area (Å²) in [5.41, 5.74) is 0. The molecule has 1 rings (SSSR count). The molecule has 0 saturated heterocycles. The summed E-state index contributed by atoms with van der Waals surface area (Å²) in [4.78, 5) is 17.3. The first-order valence-corrected chi connectivity index (χ1v) is 2.55. The highest BCUT2D eigenvalue weighted by atomic mass is 16.4. The van der Waals surface area contributed by atoms with Crippen molar-refractivity contribution in [1.82, 2.24) is 9.97 Å². The van der Waals surface area contributed by atoms with E-state index in [2.05, 4.69) is 9.97 Å². The summed E-state index contributed by atoms with van der Waals surface area (Å²) in [6.07, 6.45) is 3.06. The Labute approximate surface area is 56.7 Å². The average molecular weight is 139 g/mol. The van der Waals surface area contributed by atoms with E-state index < -0.39 is 6.09 Å². The number of carboxylic acid groups (broad SMARTS) is 1. The van der Waals surface area contributed by atoms with Gasteiger partial charge in [0, 0.05) is 12.4 Å². The summed E-state index contributed by atoms with van der Waals surface area (Å²) in [7, 11) is 0. The summed E-state index contributed by atoms with van der Waals surface area (Å²) in [6.45, 7) is 0. The van der Waals surface area contributed by atoms with Crippen LogP contribution in [0.3, 0.4) is 0 Å². The van der Waals surface area contributed by atoms with Gasteiger partial charge in [-0.3, -0.25) is 10.3 Å². The Morgan fingerprint density at radius 3 is 2.90 bits per heavy atom. The standard InChI is InChI=1S/C5H5N3O2/c9-5(10)8-4-3-6-1-2-7-4/h1-3H,(H,7,8)(H,9,10). The Hall–Kier alpha value is -1.65. The van der Waals surface area contributed by atoms with Crippen molar-refractivity contribution < 1.29 is 9.90 Å². The molecule has 0 aliphatic heterocycles. The van der Waals surface area contributed by atoms with Gasteiger partial charge in [0.2, 0.25) is 0 Å². The van der Waals surface area contributed by atoms with Gasteiger partial charge in [-0.2, -0.15) is 0 Å². The minimum Gasteiger partial charge on any atom is -0.465 e. The molecule has 0 atom stereocenters. The molecule has 1 amide bonds. The van der Waals surface area contributed by atoms with Gasteiger partial charge in [0.15, 0.2) is 5.82 Å². The molecule has 0 bridgehead atoms. The van der Waals surface area contributed by atoms with Crippen LogP contribution in [0.25, 0.3) is 0 Å². The van der Waals surface area contributed by atoms with Crippen LogP contribution in [0, 0.1) is 0 Å². The van der Waals surface area contributed by atoms with Gasteiger partial charge in [0.05, 0.1) is 6.20 Å². The molecule has 5 heteroatoms. The third-order valence-corrected chi connectivity index (χ3v) is 0.798. The Balaban J connectivity index is 2.67. The highest BCUT2D eigenvalue weighted by Gasteiger charge is 1.95. The third-order valence-electron chi connectivity index (χ3n) is 0.798. The first-order valence-electron chi connectivity index (χ1n) is 2.55. The molecule has 1 aromatic rings. The van der Waals surface area contributed by atoms with Crippen LogP contribution < -0.4 is 5.32 Å². The van der Waals surface area contributed by atoms with Crippen LogP contribution in [-0.4, -0.2) is 21.2 Å². The second-order valence-corrected chi connectivity index (χ2v) is 1.52. The molecule has 52 valence electrons. The van der Waals surface area contributed by atoms with Gasteiger partial charge in [-0.05, 0) is 0 Å². The fourth-order valence-electron chi connectivity index (χ4n) is 0.473. The summed E-state index contributed by atoms with van der Waals surface area (Å²) < 4.78 is 0. The largest absolute Gasteiger partial charge is 0.465 e. The minimum atomic E-state index is -1.14. The Bertz CT molecular complexity index is 224. The van der Waals surface area contributed by atoms with Crippen LogP contribution in [0.5, 0.6) is 0 Å². The summed E-state index contributed by atoms with van der Waals surface area (Å²) in [6, 6.07) is 0. The van der Waals surface area contributed by atoms with E-state index in [-0.39, 0.29) is 5.82 Å². The fraction of sp³-hybridized carbons (Fsp3) is 0. The lowest BCUT2D eigenvalue weighted by atomic mass is 10.7. The predicted molar refractivity (Wildman–Crippen MR) is 33.7 cm³/mol. The van der Waals surface area contributed by atoms with E-state index in [4.69, 9.17) is 5.11 Å². The number of rotatable bonds is 1. The van der Waals surface area contributed by atoms with Gasteiger partial charge >= 0.3 is 6.09 Å². The number of nitrogens with zero attached hydrogens (tertiary/aromatic N) is 2. The molecule has 0 aromatic carbocycles. The van der Waals surface area contributed by atoms with Crippen molar-refractivity contribution in [3.8, 4) is 0 Å². The SMILES string of the molecule is O=C(O)Nc1cnccn1. The molecule has 10 heavy (non-hydrogen) atoms. The van der Waals surface area contributed by atoms with E-state index in [0.29, 0.717) is 0 Å². The van der Waals surface area contributed by atoms with Crippen LogP contribution in [0.15, 0.2) is 18.6 Å². The van der Waals surface area contributed by atoms with E-state index in [1.165, 1.54) is 18.6 Å². The molecular weight excluding hydrogens is 134 g/mol. The summed E-state index contributed by atoms with van der Waals surface area (Å²) >= 11 is 0. The lowest BCUT2D eigenvalue weighted by Crippen LogP contribution is -2.08. The maximum absolute atomic E-state index is 9.99. The van der Waals surface area contributed by atoms with Gasteiger partial charge in [0.1, 0.15) is 0 Å². The zero-order valence-electron chi connectivity index (χ0n) is 4.98. The number of amides is 1. The zero-order valence-corrected chi connectivity index (χ0v) is 4.98. The van der Waals surface area contributed by atoms with Gasteiger partial charge < -0.3 is 5.11 Å². The number of hydrogen-bond acceptors (Lipinski definition) is 3. The van der Waals surface area contributed by atoms with Crippen LogP contribution >= 0.6 is 0 Å². The van der Waals surface area contributed by atoms with Crippen molar-refractivity contribution in [2.45, 2.75) is 0 Å². The molecule has 0 unspecified atom stereocenters. The van der Waals surface area contributed by atoms with Gasteiger partial charge in [0.25, 0.3) is 0 Å². The van der Waals surface area contributed by atoms with E-state index in [0.717, 1.165) is 0 Å². The second kappa shape index (κ2) is 2.77. The van der Waals surface area contributed by atoms with Gasteiger partial charge in [-0.1, -0.05) is 0 Å². The highest BCUT2D eigenvalue weighted by Crippen LogP contribution is 1.94. The van der Waals surface area contributed by atoms with Crippen molar-refractivity contribution >= 4 is 11.9 Å².